The fourth-order valence-corrected chi connectivity index (χ4v) is 1.80. The first-order valence-electron chi connectivity index (χ1n) is 4.63. The van der Waals surface area contributed by atoms with E-state index < -0.39 is 0 Å². The van der Waals surface area contributed by atoms with Crippen molar-refractivity contribution >= 4 is 21.7 Å². The summed E-state index contributed by atoms with van der Waals surface area (Å²) in [4.78, 5) is 11.5. The Hall–Kier alpha value is -0.700. The van der Waals surface area contributed by atoms with Crippen LogP contribution in [0.2, 0.25) is 0 Å². The first-order chi connectivity index (χ1) is 6.66. The molecule has 1 aliphatic rings. The highest BCUT2D eigenvalue weighted by Crippen LogP contribution is 2.31. The zero-order valence-electron chi connectivity index (χ0n) is 7.59. The van der Waals surface area contributed by atoms with Crippen LogP contribution in [0.5, 0.6) is 0 Å². The van der Waals surface area contributed by atoms with Crippen LogP contribution in [0.15, 0.2) is 22.7 Å². The van der Waals surface area contributed by atoms with E-state index in [0.717, 1.165) is 22.9 Å². The lowest BCUT2D eigenvalue weighted by Gasteiger charge is -2.02. The summed E-state index contributed by atoms with van der Waals surface area (Å²) >= 11 is 3.31. The third-order valence-electron chi connectivity index (χ3n) is 2.41. The van der Waals surface area contributed by atoms with E-state index in [0.29, 0.717) is 6.42 Å². The van der Waals surface area contributed by atoms with Crippen LogP contribution in [0, 0.1) is 11.7 Å². The van der Waals surface area contributed by atoms with Gasteiger partial charge in [-0.3, -0.25) is 4.79 Å². The van der Waals surface area contributed by atoms with Crippen molar-refractivity contribution in [3.8, 4) is 0 Å². The predicted octanol–water partition coefficient (Wildman–Crippen LogP) is 3.11. The topological polar surface area (TPSA) is 17.1 Å². The monoisotopic (exact) mass is 256 g/mol. The van der Waals surface area contributed by atoms with E-state index in [2.05, 4.69) is 15.9 Å². The van der Waals surface area contributed by atoms with Crippen molar-refractivity contribution in [3.63, 3.8) is 0 Å². The molecule has 0 aromatic heterocycles. The SMILES string of the molecule is O=C(Cc1cc(F)ccc1Br)C1CC1. The molecule has 1 aromatic carbocycles. The maximum Gasteiger partial charge on any atom is 0.140 e. The standard InChI is InChI=1S/C11H10BrFO/c12-10-4-3-9(13)5-8(10)6-11(14)7-1-2-7/h3-5,7H,1-2,6H2. The van der Waals surface area contributed by atoms with E-state index in [9.17, 15) is 9.18 Å². The maximum atomic E-state index is 12.9. The fourth-order valence-electron chi connectivity index (χ4n) is 1.42. The van der Waals surface area contributed by atoms with E-state index in [1.54, 1.807) is 6.07 Å². The van der Waals surface area contributed by atoms with Gasteiger partial charge in [0, 0.05) is 16.8 Å². The first kappa shape index (κ1) is 9.84. The molecule has 2 rings (SSSR count). The zero-order valence-corrected chi connectivity index (χ0v) is 9.18. The molecule has 74 valence electrons. The van der Waals surface area contributed by atoms with Gasteiger partial charge in [-0.25, -0.2) is 4.39 Å². The summed E-state index contributed by atoms with van der Waals surface area (Å²) < 4.78 is 13.7. The number of carbonyl (C=O) groups excluding carboxylic acids is 1. The van der Waals surface area contributed by atoms with Crippen LogP contribution in [0.1, 0.15) is 18.4 Å². The molecule has 0 heterocycles. The molecule has 0 bridgehead atoms. The molecule has 0 aliphatic heterocycles. The van der Waals surface area contributed by atoms with Crippen LogP contribution >= 0.6 is 15.9 Å². The molecule has 14 heavy (non-hydrogen) atoms. The molecule has 0 saturated heterocycles. The second-order valence-corrected chi connectivity index (χ2v) is 4.51. The third-order valence-corrected chi connectivity index (χ3v) is 3.18. The van der Waals surface area contributed by atoms with E-state index in [-0.39, 0.29) is 17.5 Å². The summed E-state index contributed by atoms with van der Waals surface area (Å²) in [5.41, 5.74) is 0.752. The molecule has 0 radical (unpaired) electrons. The molecule has 3 heteroatoms. The van der Waals surface area contributed by atoms with Crippen LogP contribution in [0.4, 0.5) is 4.39 Å². The highest BCUT2D eigenvalue weighted by molar-refractivity contribution is 9.10. The molecule has 0 atom stereocenters. The van der Waals surface area contributed by atoms with Crippen LogP contribution in [0.25, 0.3) is 0 Å². The Morgan fingerprint density at radius 3 is 2.86 bits per heavy atom. The molecule has 0 unspecified atom stereocenters. The van der Waals surface area contributed by atoms with E-state index in [1.807, 2.05) is 0 Å². The Kier molecular flexibility index (Phi) is 2.68. The Bertz CT molecular complexity index is 372. The summed E-state index contributed by atoms with van der Waals surface area (Å²) in [5, 5.41) is 0. The van der Waals surface area contributed by atoms with E-state index in [1.165, 1.54) is 12.1 Å². The minimum Gasteiger partial charge on any atom is -0.299 e. The van der Waals surface area contributed by atoms with Crippen LogP contribution in [-0.2, 0) is 11.2 Å². The van der Waals surface area contributed by atoms with Crippen molar-refractivity contribution in [3.05, 3.63) is 34.1 Å². The lowest BCUT2D eigenvalue weighted by molar-refractivity contribution is -0.119. The number of benzene rings is 1. The second kappa shape index (κ2) is 3.81. The Morgan fingerprint density at radius 1 is 1.50 bits per heavy atom. The number of halogens is 2. The highest BCUT2D eigenvalue weighted by atomic mass is 79.9. The normalized spacial score (nSPS) is 15.6. The van der Waals surface area contributed by atoms with Gasteiger partial charge in [-0.2, -0.15) is 0 Å². The number of carbonyl (C=O) groups is 1. The average Bonchev–Trinajstić information content (AvgIpc) is 2.94. The van der Waals surface area contributed by atoms with Crippen molar-refractivity contribution < 1.29 is 9.18 Å². The van der Waals surface area contributed by atoms with Gasteiger partial charge in [0.25, 0.3) is 0 Å². The van der Waals surface area contributed by atoms with Gasteiger partial charge in [-0.15, -0.1) is 0 Å². The van der Waals surface area contributed by atoms with Gasteiger partial charge >= 0.3 is 0 Å². The number of rotatable bonds is 3. The Balaban J connectivity index is 2.14. The van der Waals surface area contributed by atoms with Crippen molar-refractivity contribution in [1.29, 1.82) is 0 Å². The molecule has 0 N–H and O–H groups in total. The average molecular weight is 257 g/mol. The second-order valence-electron chi connectivity index (χ2n) is 3.65. The van der Waals surface area contributed by atoms with Gasteiger partial charge in [-0.05, 0) is 36.6 Å². The highest BCUT2D eigenvalue weighted by Gasteiger charge is 2.29. The lowest BCUT2D eigenvalue weighted by atomic mass is 10.1. The van der Waals surface area contributed by atoms with Gasteiger partial charge < -0.3 is 0 Å². The Labute approximate surface area is 90.4 Å². The number of ketones is 1. The predicted molar refractivity (Wildman–Crippen MR) is 55.5 cm³/mol. The molecular weight excluding hydrogens is 247 g/mol. The summed E-state index contributed by atoms with van der Waals surface area (Å²) in [7, 11) is 0. The molecule has 0 amide bonds. The van der Waals surface area contributed by atoms with Crippen LogP contribution in [-0.4, -0.2) is 5.78 Å². The van der Waals surface area contributed by atoms with Crippen molar-refractivity contribution in [2.75, 3.05) is 0 Å². The first-order valence-corrected chi connectivity index (χ1v) is 5.43. The van der Waals surface area contributed by atoms with Crippen molar-refractivity contribution in [2.24, 2.45) is 5.92 Å². The number of hydrogen-bond acceptors (Lipinski definition) is 1. The van der Waals surface area contributed by atoms with Gasteiger partial charge in [0.15, 0.2) is 0 Å². The minimum atomic E-state index is -0.285. The van der Waals surface area contributed by atoms with E-state index >= 15 is 0 Å². The molecule has 1 aliphatic carbocycles. The number of hydrogen-bond donors (Lipinski definition) is 0. The largest absolute Gasteiger partial charge is 0.299 e. The van der Waals surface area contributed by atoms with Gasteiger partial charge in [-0.1, -0.05) is 15.9 Å². The summed E-state index contributed by atoms with van der Waals surface area (Å²) in [6.45, 7) is 0. The molecule has 1 aromatic rings. The molecule has 1 fully saturated rings. The Morgan fingerprint density at radius 2 is 2.21 bits per heavy atom. The quantitative estimate of drug-likeness (QED) is 0.813. The maximum absolute atomic E-state index is 12.9. The summed E-state index contributed by atoms with van der Waals surface area (Å²) in [6, 6.07) is 4.45. The summed E-state index contributed by atoms with van der Waals surface area (Å²) in [6.07, 6.45) is 2.36. The molecule has 0 spiro atoms. The van der Waals surface area contributed by atoms with Crippen molar-refractivity contribution in [2.45, 2.75) is 19.3 Å². The lowest BCUT2D eigenvalue weighted by Crippen LogP contribution is -2.05. The van der Waals surface area contributed by atoms with Crippen LogP contribution in [0.3, 0.4) is 0 Å². The molecule has 1 saturated carbocycles. The van der Waals surface area contributed by atoms with Gasteiger partial charge in [0.1, 0.15) is 11.6 Å². The third kappa shape index (κ3) is 2.21. The van der Waals surface area contributed by atoms with Crippen molar-refractivity contribution in [1.82, 2.24) is 0 Å². The summed E-state index contributed by atoms with van der Waals surface area (Å²) in [5.74, 6) is 0.188. The fraction of sp³-hybridized carbons (Fsp3) is 0.364. The van der Waals surface area contributed by atoms with Gasteiger partial charge in [0.05, 0.1) is 0 Å². The van der Waals surface area contributed by atoms with E-state index in [4.69, 9.17) is 0 Å². The smallest absolute Gasteiger partial charge is 0.140 e. The molecular formula is C11H10BrFO. The molecule has 1 nitrogen and oxygen atoms in total. The van der Waals surface area contributed by atoms with Gasteiger partial charge in [0.2, 0.25) is 0 Å². The number of Topliss-reactive ketones (excluding diaryl/α,β-unsaturated/α-hetero) is 1. The minimum absolute atomic E-state index is 0.233. The zero-order chi connectivity index (χ0) is 10.1. The van der Waals surface area contributed by atoms with Crippen LogP contribution < -0.4 is 0 Å².